The van der Waals surface area contributed by atoms with Crippen molar-refractivity contribution in [2.75, 3.05) is 6.26 Å². The maximum Gasteiger partial charge on any atom is 0.308 e. The number of aliphatic carboxylic acids is 1. The van der Waals surface area contributed by atoms with E-state index in [0.29, 0.717) is 10.6 Å². The highest BCUT2D eigenvalue weighted by atomic mass is 32.2. The average molecular weight is 268 g/mol. The van der Waals surface area contributed by atoms with Crippen LogP contribution in [0.5, 0.6) is 0 Å². The zero-order valence-corrected chi connectivity index (χ0v) is 11.3. The van der Waals surface area contributed by atoms with Gasteiger partial charge in [-0.2, -0.15) is 0 Å². The number of thioether (sulfide) groups is 1. The largest absolute Gasteiger partial charge is 0.481 e. The maximum absolute atomic E-state index is 12.0. The van der Waals surface area contributed by atoms with E-state index in [1.165, 1.54) is 11.8 Å². The topological polar surface area (TPSA) is 79.3 Å². The Hall–Kier alpha value is -1.56. The highest BCUT2D eigenvalue weighted by molar-refractivity contribution is 7.98. The molecule has 2 N–H and O–H groups in total. The van der Waals surface area contributed by atoms with Gasteiger partial charge in [-0.3, -0.25) is 9.59 Å². The summed E-state index contributed by atoms with van der Waals surface area (Å²) in [6.07, 6.45) is 3.45. The molecule has 0 aromatic carbocycles. The smallest absolute Gasteiger partial charge is 0.308 e. The maximum atomic E-state index is 12.0. The number of carboxylic acids is 1. The van der Waals surface area contributed by atoms with Gasteiger partial charge in [0, 0.05) is 12.2 Å². The highest BCUT2D eigenvalue weighted by Crippen LogP contribution is 2.17. The first-order valence-corrected chi connectivity index (χ1v) is 6.72. The number of pyridine rings is 1. The van der Waals surface area contributed by atoms with Crippen molar-refractivity contribution in [1.82, 2.24) is 10.3 Å². The second kappa shape index (κ2) is 6.39. The fraction of sp³-hybridized carbons (Fsp3) is 0.417. The molecule has 1 aromatic heterocycles. The van der Waals surface area contributed by atoms with Crippen molar-refractivity contribution >= 4 is 23.6 Å². The van der Waals surface area contributed by atoms with E-state index in [1.807, 2.05) is 6.26 Å². The molecule has 5 nitrogen and oxygen atoms in total. The Balaban J connectivity index is 2.79. The molecule has 0 saturated heterocycles. The van der Waals surface area contributed by atoms with E-state index in [-0.39, 0.29) is 5.91 Å². The normalized spacial score (nSPS) is 13.7. The van der Waals surface area contributed by atoms with Crippen molar-refractivity contribution in [3.8, 4) is 0 Å². The molecule has 0 aliphatic rings. The van der Waals surface area contributed by atoms with Gasteiger partial charge in [0.25, 0.3) is 5.91 Å². The van der Waals surface area contributed by atoms with E-state index in [0.717, 1.165) is 0 Å². The lowest BCUT2D eigenvalue weighted by molar-refractivity contribution is -0.141. The Kier molecular flexibility index (Phi) is 5.15. The van der Waals surface area contributed by atoms with Crippen LogP contribution in [-0.4, -0.2) is 34.3 Å². The highest BCUT2D eigenvalue weighted by Gasteiger charge is 2.22. The van der Waals surface area contributed by atoms with Gasteiger partial charge in [-0.05, 0) is 32.2 Å². The lowest BCUT2D eigenvalue weighted by Crippen LogP contribution is -2.40. The zero-order valence-electron chi connectivity index (χ0n) is 10.5. The van der Waals surface area contributed by atoms with Gasteiger partial charge in [0.1, 0.15) is 5.03 Å². The number of hydrogen-bond donors (Lipinski definition) is 2. The van der Waals surface area contributed by atoms with Crippen molar-refractivity contribution in [2.45, 2.75) is 24.9 Å². The molecule has 2 unspecified atom stereocenters. The standard InChI is InChI=1S/C12H16N2O3S/c1-7(12(16)17)8(2)14-10(15)9-5-4-6-13-11(9)18-3/h4-8H,1-3H3,(H,14,15)(H,16,17). The Labute approximate surface area is 110 Å². The van der Waals surface area contributed by atoms with Crippen molar-refractivity contribution in [3.05, 3.63) is 23.9 Å². The minimum absolute atomic E-state index is 0.298. The van der Waals surface area contributed by atoms with Gasteiger partial charge in [0.05, 0.1) is 11.5 Å². The first-order chi connectivity index (χ1) is 8.47. The predicted molar refractivity (Wildman–Crippen MR) is 69.7 cm³/mol. The summed E-state index contributed by atoms with van der Waals surface area (Å²) in [6.45, 7) is 3.23. The average Bonchev–Trinajstić information content (AvgIpc) is 2.37. The number of nitrogens with one attached hydrogen (secondary N) is 1. The number of carboxylic acid groups (broad SMARTS) is 1. The van der Waals surface area contributed by atoms with Crippen molar-refractivity contribution in [1.29, 1.82) is 0 Å². The summed E-state index contributed by atoms with van der Waals surface area (Å²) in [5, 5.41) is 12.2. The van der Waals surface area contributed by atoms with Gasteiger partial charge >= 0.3 is 5.97 Å². The summed E-state index contributed by atoms with van der Waals surface area (Å²) in [5.41, 5.74) is 0.467. The molecule has 0 aliphatic carbocycles. The molecule has 1 rings (SSSR count). The predicted octanol–water partition coefficient (Wildman–Crippen LogP) is 1.64. The quantitative estimate of drug-likeness (QED) is 0.794. The SMILES string of the molecule is CSc1ncccc1C(=O)NC(C)C(C)C(=O)O. The fourth-order valence-corrected chi connectivity index (χ4v) is 1.90. The van der Waals surface area contributed by atoms with Gasteiger partial charge in [0.2, 0.25) is 0 Å². The number of rotatable bonds is 5. The number of amides is 1. The van der Waals surface area contributed by atoms with Gasteiger partial charge < -0.3 is 10.4 Å². The third-order valence-corrected chi connectivity index (χ3v) is 3.42. The molecule has 0 bridgehead atoms. The lowest BCUT2D eigenvalue weighted by Gasteiger charge is -2.18. The van der Waals surface area contributed by atoms with Crippen LogP contribution in [0, 0.1) is 5.92 Å². The van der Waals surface area contributed by atoms with Crippen molar-refractivity contribution < 1.29 is 14.7 Å². The molecule has 1 amide bonds. The molecule has 0 saturated carbocycles. The molecule has 1 aromatic rings. The lowest BCUT2D eigenvalue weighted by atomic mass is 10.0. The first kappa shape index (κ1) is 14.5. The van der Waals surface area contributed by atoms with Crippen molar-refractivity contribution in [2.24, 2.45) is 5.92 Å². The van der Waals surface area contributed by atoms with Gasteiger partial charge in [-0.15, -0.1) is 11.8 Å². The molecule has 6 heteroatoms. The molecule has 18 heavy (non-hydrogen) atoms. The van der Waals surface area contributed by atoms with Gasteiger partial charge in [-0.25, -0.2) is 4.98 Å². The second-order valence-corrected chi connectivity index (χ2v) is 4.74. The van der Waals surface area contributed by atoms with Gasteiger partial charge in [0.15, 0.2) is 0 Å². The Bertz CT molecular complexity index is 451. The van der Waals surface area contributed by atoms with Crippen LogP contribution in [0.15, 0.2) is 23.4 Å². The van der Waals surface area contributed by atoms with E-state index < -0.39 is 17.9 Å². The van der Waals surface area contributed by atoms with Crippen LogP contribution in [0.4, 0.5) is 0 Å². The van der Waals surface area contributed by atoms with E-state index in [9.17, 15) is 9.59 Å². The molecule has 0 fully saturated rings. The van der Waals surface area contributed by atoms with E-state index in [1.54, 1.807) is 32.2 Å². The van der Waals surface area contributed by atoms with E-state index >= 15 is 0 Å². The number of carbonyl (C=O) groups is 2. The van der Waals surface area contributed by atoms with Gasteiger partial charge in [-0.1, -0.05) is 0 Å². The van der Waals surface area contributed by atoms with Crippen LogP contribution < -0.4 is 5.32 Å². The monoisotopic (exact) mass is 268 g/mol. The van der Waals surface area contributed by atoms with Crippen LogP contribution >= 0.6 is 11.8 Å². The summed E-state index contributed by atoms with van der Waals surface area (Å²) in [7, 11) is 0. The second-order valence-electron chi connectivity index (χ2n) is 3.95. The van der Waals surface area contributed by atoms with Crippen LogP contribution in [0.1, 0.15) is 24.2 Å². The minimum Gasteiger partial charge on any atom is -0.481 e. The van der Waals surface area contributed by atoms with Crippen LogP contribution in [0.25, 0.3) is 0 Å². The third kappa shape index (κ3) is 3.46. The molecule has 0 spiro atoms. The number of nitrogens with zero attached hydrogens (tertiary/aromatic N) is 1. The van der Waals surface area contributed by atoms with Crippen LogP contribution in [-0.2, 0) is 4.79 Å². The molecule has 1 heterocycles. The Morgan fingerprint density at radius 3 is 2.67 bits per heavy atom. The molecule has 2 atom stereocenters. The van der Waals surface area contributed by atoms with Crippen molar-refractivity contribution in [3.63, 3.8) is 0 Å². The summed E-state index contributed by atoms with van der Waals surface area (Å²) >= 11 is 1.38. The summed E-state index contributed by atoms with van der Waals surface area (Å²) in [5.74, 6) is -1.87. The third-order valence-electron chi connectivity index (χ3n) is 2.71. The molecule has 0 radical (unpaired) electrons. The molecular weight excluding hydrogens is 252 g/mol. The van der Waals surface area contributed by atoms with E-state index in [2.05, 4.69) is 10.3 Å². The van der Waals surface area contributed by atoms with Crippen LogP contribution in [0.3, 0.4) is 0 Å². The number of carbonyl (C=O) groups excluding carboxylic acids is 1. The van der Waals surface area contributed by atoms with E-state index in [4.69, 9.17) is 5.11 Å². The molecule has 0 aliphatic heterocycles. The first-order valence-electron chi connectivity index (χ1n) is 5.50. The Morgan fingerprint density at radius 1 is 1.44 bits per heavy atom. The number of aromatic nitrogens is 1. The summed E-state index contributed by atoms with van der Waals surface area (Å²) in [4.78, 5) is 26.9. The Morgan fingerprint density at radius 2 is 2.11 bits per heavy atom. The molecule has 98 valence electrons. The van der Waals surface area contributed by atoms with Crippen LogP contribution in [0.2, 0.25) is 0 Å². The fourth-order valence-electron chi connectivity index (χ4n) is 1.35. The summed E-state index contributed by atoms with van der Waals surface area (Å²) < 4.78 is 0. The summed E-state index contributed by atoms with van der Waals surface area (Å²) in [6, 6.07) is 2.91. The molecular formula is C12H16N2O3S. The minimum atomic E-state index is -0.931. The zero-order chi connectivity index (χ0) is 13.7. The number of hydrogen-bond acceptors (Lipinski definition) is 4.